The van der Waals surface area contributed by atoms with E-state index in [1.807, 2.05) is 13.8 Å². The number of halogens is 1. The van der Waals surface area contributed by atoms with Crippen LogP contribution in [0, 0.1) is 11.7 Å². The standard InChI is InChI=1S/C21H24FN3O2.C2H6/c1-25(2)21(27)15-6-4-8-18(12-15)24-20(26)16-9-10-19(23-13-16)14-5-3-7-17(22)11-14;1-2/h3,5,7,9-11,13,15,18H,4,6,8,12H2,1-2H3,(H,24,26);1-2H3. The second-order valence-corrected chi connectivity index (χ2v) is 7.21. The van der Waals surface area contributed by atoms with E-state index in [-0.39, 0.29) is 29.6 Å². The van der Waals surface area contributed by atoms with E-state index >= 15 is 0 Å². The number of carbonyl (C=O) groups is 2. The molecule has 0 aliphatic heterocycles. The van der Waals surface area contributed by atoms with Gasteiger partial charge in [-0.2, -0.15) is 0 Å². The molecule has 1 aliphatic rings. The van der Waals surface area contributed by atoms with Gasteiger partial charge in [-0.3, -0.25) is 14.6 Å². The Balaban J connectivity index is 0.00000145. The van der Waals surface area contributed by atoms with Gasteiger partial charge in [0, 0.05) is 37.8 Å². The van der Waals surface area contributed by atoms with Crippen molar-refractivity contribution in [2.75, 3.05) is 14.1 Å². The highest BCUT2D eigenvalue weighted by Gasteiger charge is 2.29. The Morgan fingerprint density at radius 3 is 2.52 bits per heavy atom. The average Bonchev–Trinajstić information content (AvgIpc) is 2.75. The largest absolute Gasteiger partial charge is 0.349 e. The fraction of sp³-hybridized carbons (Fsp3) is 0.435. The van der Waals surface area contributed by atoms with Crippen LogP contribution >= 0.6 is 0 Å². The first kappa shape index (κ1) is 22.5. The molecule has 5 nitrogen and oxygen atoms in total. The minimum atomic E-state index is -0.324. The molecule has 1 aliphatic carbocycles. The summed E-state index contributed by atoms with van der Waals surface area (Å²) in [5.74, 6) is -0.436. The summed E-state index contributed by atoms with van der Waals surface area (Å²) in [4.78, 5) is 30.6. The Kier molecular flexibility index (Phi) is 8.31. The van der Waals surface area contributed by atoms with Gasteiger partial charge in [-0.1, -0.05) is 32.4 Å². The molecule has 0 spiro atoms. The molecule has 1 saturated carbocycles. The first-order chi connectivity index (χ1) is 13.9. The monoisotopic (exact) mass is 399 g/mol. The summed E-state index contributed by atoms with van der Waals surface area (Å²) in [5, 5.41) is 3.02. The Morgan fingerprint density at radius 2 is 1.90 bits per heavy atom. The number of benzene rings is 1. The Hall–Kier alpha value is -2.76. The van der Waals surface area contributed by atoms with Crippen LogP contribution in [0.4, 0.5) is 4.39 Å². The molecule has 1 N–H and O–H groups in total. The van der Waals surface area contributed by atoms with Crippen LogP contribution in [0.15, 0.2) is 42.6 Å². The van der Waals surface area contributed by atoms with Crippen molar-refractivity contribution in [3.63, 3.8) is 0 Å². The van der Waals surface area contributed by atoms with Gasteiger partial charge >= 0.3 is 0 Å². The Bertz CT molecular complexity index is 821. The van der Waals surface area contributed by atoms with Gasteiger partial charge in [0.2, 0.25) is 5.91 Å². The van der Waals surface area contributed by atoms with Gasteiger partial charge < -0.3 is 10.2 Å². The molecule has 0 radical (unpaired) electrons. The van der Waals surface area contributed by atoms with Gasteiger partial charge in [-0.25, -0.2) is 4.39 Å². The van der Waals surface area contributed by atoms with Gasteiger partial charge in [0.05, 0.1) is 11.3 Å². The first-order valence-corrected chi connectivity index (χ1v) is 10.2. The quantitative estimate of drug-likeness (QED) is 0.834. The molecule has 156 valence electrons. The van der Waals surface area contributed by atoms with E-state index in [1.54, 1.807) is 43.3 Å². The number of aromatic nitrogens is 1. The summed E-state index contributed by atoms with van der Waals surface area (Å²) < 4.78 is 13.3. The molecule has 2 aromatic rings. The molecule has 29 heavy (non-hydrogen) atoms. The molecular formula is C23H30FN3O2. The van der Waals surface area contributed by atoms with E-state index in [9.17, 15) is 14.0 Å². The van der Waals surface area contributed by atoms with Crippen molar-refractivity contribution in [2.45, 2.75) is 45.6 Å². The summed E-state index contributed by atoms with van der Waals surface area (Å²) in [7, 11) is 3.52. The van der Waals surface area contributed by atoms with Gasteiger partial charge in [-0.15, -0.1) is 0 Å². The highest BCUT2D eigenvalue weighted by Crippen LogP contribution is 2.26. The predicted molar refractivity (Wildman–Crippen MR) is 113 cm³/mol. The third-order valence-corrected chi connectivity index (χ3v) is 4.95. The van der Waals surface area contributed by atoms with Crippen molar-refractivity contribution < 1.29 is 14.0 Å². The van der Waals surface area contributed by atoms with Crippen molar-refractivity contribution >= 4 is 11.8 Å². The summed E-state index contributed by atoms with van der Waals surface area (Å²) in [6, 6.07) is 9.58. The maximum Gasteiger partial charge on any atom is 0.253 e. The van der Waals surface area contributed by atoms with Gasteiger partial charge in [0.25, 0.3) is 5.91 Å². The SMILES string of the molecule is CC.CN(C)C(=O)C1CCCC(NC(=O)c2ccc(-c3cccc(F)c3)nc2)C1. The summed E-state index contributed by atoms with van der Waals surface area (Å²) in [6.45, 7) is 4.00. The van der Waals surface area contributed by atoms with Crippen molar-refractivity contribution in [1.29, 1.82) is 0 Å². The van der Waals surface area contributed by atoms with Gasteiger partial charge in [0.1, 0.15) is 5.82 Å². The summed E-state index contributed by atoms with van der Waals surface area (Å²) in [5.41, 5.74) is 1.73. The van der Waals surface area contributed by atoms with E-state index in [2.05, 4.69) is 10.3 Å². The molecule has 0 saturated heterocycles. The summed E-state index contributed by atoms with van der Waals surface area (Å²) in [6.07, 6.45) is 4.83. The lowest BCUT2D eigenvalue weighted by Gasteiger charge is -2.30. The van der Waals surface area contributed by atoms with Crippen molar-refractivity contribution in [1.82, 2.24) is 15.2 Å². The van der Waals surface area contributed by atoms with Crippen LogP contribution in [0.3, 0.4) is 0 Å². The highest BCUT2D eigenvalue weighted by molar-refractivity contribution is 5.94. The molecule has 6 heteroatoms. The normalized spacial score (nSPS) is 18.2. The summed E-state index contributed by atoms with van der Waals surface area (Å²) >= 11 is 0. The van der Waals surface area contributed by atoms with Crippen molar-refractivity contribution in [2.24, 2.45) is 5.92 Å². The zero-order valence-corrected chi connectivity index (χ0v) is 17.6. The van der Waals surface area contributed by atoms with Crippen LogP contribution in [0.25, 0.3) is 11.3 Å². The van der Waals surface area contributed by atoms with Crippen LogP contribution in [0.2, 0.25) is 0 Å². The molecule has 3 rings (SSSR count). The fourth-order valence-electron chi connectivity index (χ4n) is 3.53. The lowest BCUT2D eigenvalue weighted by atomic mass is 9.84. The van der Waals surface area contributed by atoms with E-state index in [1.165, 1.54) is 18.3 Å². The number of carbonyl (C=O) groups excluding carboxylic acids is 2. The number of hydrogen-bond donors (Lipinski definition) is 1. The molecule has 1 aromatic carbocycles. The van der Waals surface area contributed by atoms with E-state index in [0.29, 0.717) is 23.2 Å². The van der Waals surface area contributed by atoms with Crippen LogP contribution in [0.1, 0.15) is 49.9 Å². The van der Waals surface area contributed by atoms with Gasteiger partial charge in [-0.05, 0) is 43.5 Å². The molecule has 2 atom stereocenters. The molecule has 2 amide bonds. The second kappa shape index (κ2) is 10.7. The molecule has 1 heterocycles. The zero-order valence-electron chi connectivity index (χ0n) is 17.6. The van der Waals surface area contributed by atoms with Crippen LogP contribution < -0.4 is 5.32 Å². The molecular weight excluding hydrogens is 369 g/mol. The van der Waals surface area contributed by atoms with Crippen molar-refractivity contribution in [3.05, 3.63) is 54.0 Å². The molecule has 0 bridgehead atoms. The van der Waals surface area contributed by atoms with Crippen LogP contribution in [-0.2, 0) is 4.79 Å². The maximum absolute atomic E-state index is 13.3. The minimum Gasteiger partial charge on any atom is -0.349 e. The molecule has 1 fully saturated rings. The lowest BCUT2D eigenvalue weighted by molar-refractivity contribution is -0.134. The van der Waals surface area contributed by atoms with Crippen LogP contribution in [-0.4, -0.2) is 41.8 Å². The predicted octanol–water partition coefficient (Wildman–Crippen LogP) is 4.29. The highest BCUT2D eigenvalue weighted by atomic mass is 19.1. The Morgan fingerprint density at radius 1 is 1.14 bits per heavy atom. The minimum absolute atomic E-state index is 0.0111. The Labute approximate surface area is 172 Å². The van der Waals surface area contributed by atoms with E-state index in [4.69, 9.17) is 0 Å². The molecule has 1 aromatic heterocycles. The maximum atomic E-state index is 13.3. The third-order valence-electron chi connectivity index (χ3n) is 4.95. The number of nitrogens with one attached hydrogen (secondary N) is 1. The number of nitrogens with zero attached hydrogens (tertiary/aromatic N) is 2. The zero-order chi connectivity index (χ0) is 21.4. The molecule has 2 unspecified atom stereocenters. The van der Waals surface area contributed by atoms with Crippen molar-refractivity contribution in [3.8, 4) is 11.3 Å². The fourth-order valence-corrected chi connectivity index (χ4v) is 3.53. The second-order valence-electron chi connectivity index (χ2n) is 7.21. The van der Waals surface area contributed by atoms with E-state index < -0.39 is 0 Å². The smallest absolute Gasteiger partial charge is 0.253 e. The number of hydrogen-bond acceptors (Lipinski definition) is 3. The topological polar surface area (TPSA) is 62.3 Å². The first-order valence-electron chi connectivity index (χ1n) is 10.2. The third kappa shape index (κ3) is 6.11. The van der Waals surface area contributed by atoms with E-state index in [0.717, 1.165) is 19.3 Å². The lowest BCUT2D eigenvalue weighted by Crippen LogP contribution is -2.42. The number of rotatable bonds is 4. The number of pyridine rings is 1. The average molecular weight is 400 g/mol. The van der Waals surface area contributed by atoms with Crippen LogP contribution in [0.5, 0.6) is 0 Å². The van der Waals surface area contributed by atoms with Gasteiger partial charge in [0.15, 0.2) is 0 Å². The number of amides is 2.